The number of nitrogens with two attached hydrogens (primary N) is 2. The maximum Gasteiger partial charge on any atom is 0.323 e. The van der Waals surface area contributed by atoms with Crippen molar-refractivity contribution in [2.75, 3.05) is 7.11 Å². The lowest BCUT2D eigenvalue weighted by molar-refractivity contribution is -0.142. The van der Waals surface area contributed by atoms with Crippen molar-refractivity contribution in [1.82, 2.24) is 19.9 Å². The van der Waals surface area contributed by atoms with E-state index < -0.39 is 24.0 Å². The van der Waals surface area contributed by atoms with Crippen LogP contribution in [0.2, 0.25) is 0 Å². The molecule has 0 radical (unpaired) electrons. The fourth-order valence-corrected chi connectivity index (χ4v) is 1.59. The normalized spacial score (nSPS) is 11.6. The summed E-state index contributed by atoms with van der Waals surface area (Å²) in [6.07, 6.45) is 6.93. The highest BCUT2D eigenvalue weighted by Gasteiger charge is 2.14. The van der Waals surface area contributed by atoms with Crippen molar-refractivity contribution < 1.29 is 19.4 Å². The van der Waals surface area contributed by atoms with Crippen LogP contribution >= 0.6 is 24.8 Å². The topological polar surface area (TPSA) is 173 Å². The third-order valence-corrected chi connectivity index (χ3v) is 2.81. The molecule has 2 rings (SSSR count). The summed E-state index contributed by atoms with van der Waals surface area (Å²) in [4.78, 5) is 34.3. The first-order chi connectivity index (χ1) is 10.9. The Balaban J connectivity index is 0. The summed E-state index contributed by atoms with van der Waals surface area (Å²) >= 11 is 0. The molecular weight excluding hydrogens is 375 g/mol. The third kappa shape index (κ3) is 9.67. The van der Waals surface area contributed by atoms with E-state index in [1.165, 1.54) is 13.4 Å². The summed E-state index contributed by atoms with van der Waals surface area (Å²) in [5, 5.41) is 8.42. The molecule has 0 aromatic carbocycles. The van der Waals surface area contributed by atoms with Gasteiger partial charge in [0.2, 0.25) is 0 Å². The van der Waals surface area contributed by atoms with E-state index in [2.05, 4.69) is 24.7 Å². The van der Waals surface area contributed by atoms with Gasteiger partial charge in [-0.25, -0.2) is 9.97 Å². The quantitative estimate of drug-likeness (QED) is 0.412. The summed E-state index contributed by atoms with van der Waals surface area (Å²) < 4.78 is 4.46. The number of aliphatic carboxylic acids is 1. The molecule has 2 atom stereocenters. The minimum Gasteiger partial charge on any atom is -0.480 e. The summed E-state index contributed by atoms with van der Waals surface area (Å²) in [5.74, 6) is -1.41. The van der Waals surface area contributed by atoms with Crippen molar-refractivity contribution in [2.24, 2.45) is 11.5 Å². The molecule has 0 unspecified atom stereocenters. The number of H-pyrrole nitrogens is 2. The number of carbonyl (C=O) groups is 2. The maximum atomic E-state index is 10.9. The van der Waals surface area contributed by atoms with Crippen molar-refractivity contribution in [3.63, 3.8) is 0 Å². The van der Waals surface area contributed by atoms with Crippen molar-refractivity contribution in [1.29, 1.82) is 0 Å². The molecule has 2 aromatic heterocycles. The second-order valence-corrected chi connectivity index (χ2v) is 4.64. The van der Waals surface area contributed by atoms with E-state index in [-0.39, 0.29) is 31.2 Å². The molecular formula is C13H22Cl2N6O4. The Labute approximate surface area is 156 Å². The lowest BCUT2D eigenvalue weighted by Gasteiger charge is -2.06. The maximum absolute atomic E-state index is 10.9. The third-order valence-electron chi connectivity index (χ3n) is 2.81. The van der Waals surface area contributed by atoms with Crippen LogP contribution in [0.4, 0.5) is 0 Å². The number of aromatic amines is 2. The van der Waals surface area contributed by atoms with Crippen molar-refractivity contribution in [2.45, 2.75) is 24.9 Å². The van der Waals surface area contributed by atoms with Gasteiger partial charge in [-0.05, 0) is 0 Å². The fraction of sp³-hybridized carbons (Fsp3) is 0.385. The molecule has 25 heavy (non-hydrogen) atoms. The van der Waals surface area contributed by atoms with Crippen LogP contribution in [0.5, 0.6) is 0 Å². The van der Waals surface area contributed by atoms with Gasteiger partial charge in [-0.2, -0.15) is 0 Å². The summed E-state index contributed by atoms with van der Waals surface area (Å²) in [6, 6.07) is -1.47. The largest absolute Gasteiger partial charge is 0.480 e. The van der Waals surface area contributed by atoms with Crippen molar-refractivity contribution in [3.05, 3.63) is 36.4 Å². The molecule has 0 saturated heterocycles. The monoisotopic (exact) mass is 396 g/mol. The number of hydrogen-bond donors (Lipinski definition) is 5. The molecule has 0 fully saturated rings. The lowest BCUT2D eigenvalue weighted by Crippen LogP contribution is -2.33. The summed E-state index contributed by atoms with van der Waals surface area (Å²) in [6.45, 7) is 0. The van der Waals surface area contributed by atoms with Gasteiger partial charge in [-0.3, -0.25) is 9.59 Å². The van der Waals surface area contributed by atoms with E-state index in [1.54, 1.807) is 18.7 Å². The van der Waals surface area contributed by atoms with Crippen LogP contribution < -0.4 is 11.5 Å². The standard InChI is InChI=1S/C7H11N3O2.C6H9N3O2.2ClH/c1-12-7(11)6(8)2-5-3-9-4-10-5;7-5(6(10)11)1-4-2-8-3-9-4;;/h3-4,6H,2,8H2,1H3,(H,9,10);2-3,5H,1,7H2,(H,8,9)(H,10,11);2*1H/t6-;5-;;/m10../s1. The molecule has 7 N–H and O–H groups in total. The van der Waals surface area contributed by atoms with Gasteiger partial charge in [-0.15, -0.1) is 24.8 Å². The molecule has 0 aliphatic carbocycles. The summed E-state index contributed by atoms with van der Waals surface area (Å²) in [7, 11) is 1.31. The number of nitrogens with one attached hydrogen (secondary N) is 2. The molecule has 0 aliphatic rings. The van der Waals surface area contributed by atoms with Gasteiger partial charge in [-0.1, -0.05) is 0 Å². The van der Waals surface area contributed by atoms with E-state index in [1.807, 2.05) is 0 Å². The molecule has 10 nitrogen and oxygen atoms in total. The van der Waals surface area contributed by atoms with Crippen LogP contribution in [0.1, 0.15) is 11.4 Å². The number of aromatic nitrogens is 4. The molecule has 142 valence electrons. The number of carbonyl (C=O) groups excluding carboxylic acids is 1. The number of esters is 1. The van der Waals surface area contributed by atoms with Gasteiger partial charge in [0.15, 0.2) is 0 Å². The number of rotatable bonds is 6. The predicted molar refractivity (Wildman–Crippen MR) is 94.7 cm³/mol. The zero-order valence-corrected chi connectivity index (χ0v) is 15.0. The Morgan fingerprint density at radius 1 is 1.08 bits per heavy atom. The highest BCUT2D eigenvalue weighted by molar-refractivity contribution is 5.85. The van der Waals surface area contributed by atoms with E-state index in [0.717, 1.165) is 11.4 Å². The van der Waals surface area contributed by atoms with Crippen molar-refractivity contribution in [3.8, 4) is 0 Å². The van der Waals surface area contributed by atoms with Gasteiger partial charge in [0.25, 0.3) is 0 Å². The highest BCUT2D eigenvalue weighted by Crippen LogP contribution is 1.97. The minimum atomic E-state index is -1.00. The number of carboxylic acids is 1. The highest BCUT2D eigenvalue weighted by atomic mass is 35.5. The molecule has 0 bridgehead atoms. The number of carboxylic acid groups (broad SMARTS) is 1. The van der Waals surface area contributed by atoms with Gasteiger partial charge in [0.05, 0.1) is 19.8 Å². The van der Waals surface area contributed by atoms with Gasteiger partial charge < -0.3 is 31.3 Å². The molecule has 0 amide bonds. The smallest absolute Gasteiger partial charge is 0.323 e. The molecule has 12 heteroatoms. The first kappa shape index (κ1) is 25.1. The van der Waals surface area contributed by atoms with E-state index in [4.69, 9.17) is 16.6 Å². The Morgan fingerprint density at radius 2 is 1.52 bits per heavy atom. The molecule has 2 aromatic rings. The van der Waals surface area contributed by atoms with Gasteiger partial charge in [0.1, 0.15) is 12.1 Å². The van der Waals surface area contributed by atoms with Crippen LogP contribution in [0, 0.1) is 0 Å². The van der Waals surface area contributed by atoms with Crippen LogP contribution in [0.15, 0.2) is 25.0 Å². The summed E-state index contributed by atoms with van der Waals surface area (Å²) in [5.41, 5.74) is 12.3. The first-order valence-electron chi connectivity index (χ1n) is 6.70. The number of hydrogen-bond acceptors (Lipinski definition) is 7. The van der Waals surface area contributed by atoms with Gasteiger partial charge >= 0.3 is 11.9 Å². The molecule has 2 heterocycles. The second-order valence-electron chi connectivity index (χ2n) is 4.64. The first-order valence-corrected chi connectivity index (χ1v) is 6.70. The zero-order valence-electron chi connectivity index (χ0n) is 13.4. The number of methoxy groups -OCH3 is 1. The van der Waals surface area contributed by atoms with Crippen molar-refractivity contribution >= 4 is 36.8 Å². The Morgan fingerprint density at radius 3 is 1.84 bits per heavy atom. The average molecular weight is 397 g/mol. The Kier molecular flexibility index (Phi) is 13.2. The van der Waals surface area contributed by atoms with E-state index in [9.17, 15) is 9.59 Å². The molecule has 0 aliphatic heterocycles. The second kappa shape index (κ2) is 13.2. The van der Waals surface area contributed by atoms with Crippen LogP contribution in [0.25, 0.3) is 0 Å². The van der Waals surface area contributed by atoms with Crippen LogP contribution in [0.3, 0.4) is 0 Å². The lowest BCUT2D eigenvalue weighted by atomic mass is 10.2. The predicted octanol–water partition coefficient (Wildman–Crippen LogP) is -0.340. The minimum absolute atomic E-state index is 0. The fourth-order valence-electron chi connectivity index (χ4n) is 1.59. The zero-order chi connectivity index (χ0) is 17.2. The SMILES string of the molecule is COC(=O)[C@H](N)Cc1cnc[nH]1.Cl.Cl.N[C@@H](Cc1cnc[nH]1)C(=O)O. The number of nitrogens with zero attached hydrogens (tertiary/aromatic N) is 2. The molecule has 0 spiro atoms. The number of imidazole rings is 2. The number of ether oxygens (including phenoxy) is 1. The average Bonchev–Trinajstić information content (AvgIpc) is 3.20. The number of halogens is 2. The molecule has 0 saturated carbocycles. The van der Waals surface area contributed by atoms with E-state index in [0.29, 0.717) is 6.42 Å². The van der Waals surface area contributed by atoms with Crippen LogP contribution in [-0.4, -0.2) is 56.2 Å². The van der Waals surface area contributed by atoms with Crippen LogP contribution in [-0.2, 0) is 27.2 Å². The Hall–Kier alpha value is -2.14. The van der Waals surface area contributed by atoms with Gasteiger partial charge in [0, 0.05) is 36.6 Å². The Bertz CT molecular complexity index is 594. The van der Waals surface area contributed by atoms with E-state index >= 15 is 0 Å².